The van der Waals surface area contributed by atoms with Gasteiger partial charge in [0.25, 0.3) is 0 Å². The molecular weight excluding hydrogens is 689 g/mol. The summed E-state index contributed by atoms with van der Waals surface area (Å²) in [5.74, 6) is 0.958. The van der Waals surface area contributed by atoms with E-state index in [9.17, 15) is 0 Å². The van der Waals surface area contributed by atoms with Gasteiger partial charge in [-0.25, -0.2) is 4.98 Å². The summed E-state index contributed by atoms with van der Waals surface area (Å²) in [4.78, 5) is 5.39. The fraction of sp³-hybridized carbons (Fsp3) is 0.291. The van der Waals surface area contributed by atoms with E-state index in [4.69, 9.17) is 4.98 Å². The first-order valence-corrected chi connectivity index (χ1v) is 21.0. The highest BCUT2D eigenvalue weighted by atomic mass is 15.1. The van der Waals surface area contributed by atoms with Crippen LogP contribution in [0.4, 0.5) is 0 Å². The molecule has 0 atom stereocenters. The zero-order valence-electron chi connectivity index (χ0n) is 35.7. The lowest BCUT2D eigenvalue weighted by atomic mass is 9.85. The number of hydrogen-bond acceptors (Lipinski definition) is 1. The Hall–Kier alpha value is -5.47. The summed E-state index contributed by atoms with van der Waals surface area (Å²) in [5.41, 5.74) is 18.5. The summed E-state index contributed by atoms with van der Waals surface area (Å²) in [6.45, 7) is 20.4. The Kier molecular flexibility index (Phi) is 11.5. The number of rotatable bonds is 11. The highest BCUT2D eigenvalue weighted by Crippen LogP contribution is 2.37. The first-order chi connectivity index (χ1) is 27.3. The molecule has 57 heavy (non-hydrogen) atoms. The summed E-state index contributed by atoms with van der Waals surface area (Å²) in [7, 11) is 0. The molecule has 1 heterocycles. The minimum atomic E-state index is 0.100. The Morgan fingerprint density at radius 3 is 1.49 bits per heavy atom. The van der Waals surface area contributed by atoms with Gasteiger partial charge in [-0.1, -0.05) is 177 Å². The number of unbranched alkanes of at least 4 members (excludes halogenated alkanes) is 3. The zero-order chi connectivity index (χ0) is 40.3. The van der Waals surface area contributed by atoms with Crippen LogP contribution in [0.15, 0.2) is 140 Å². The van der Waals surface area contributed by atoms with Crippen LogP contribution in [0.3, 0.4) is 0 Å². The van der Waals surface area contributed by atoms with Crippen LogP contribution in [0.5, 0.6) is 0 Å². The van der Waals surface area contributed by atoms with E-state index in [0.717, 1.165) is 29.1 Å². The van der Waals surface area contributed by atoms with Gasteiger partial charge in [-0.2, -0.15) is 0 Å². The minimum Gasteiger partial charge on any atom is -0.299 e. The minimum absolute atomic E-state index is 0.100. The van der Waals surface area contributed by atoms with Crippen molar-refractivity contribution < 1.29 is 0 Å². The molecule has 0 saturated carbocycles. The molecule has 0 saturated heterocycles. The highest BCUT2D eigenvalue weighted by molar-refractivity contribution is 5.83. The van der Waals surface area contributed by atoms with Crippen molar-refractivity contribution in [3.05, 3.63) is 167 Å². The molecule has 0 spiro atoms. The number of imidazole rings is 1. The monoisotopic (exact) mass is 748 g/mol. The summed E-state index contributed by atoms with van der Waals surface area (Å²) >= 11 is 0. The largest absolute Gasteiger partial charge is 0.299 e. The molecule has 0 aliphatic rings. The van der Waals surface area contributed by atoms with Crippen LogP contribution in [-0.4, -0.2) is 9.55 Å². The van der Waals surface area contributed by atoms with E-state index in [1.807, 2.05) is 0 Å². The van der Waals surface area contributed by atoms with E-state index in [1.54, 1.807) is 0 Å². The predicted molar refractivity (Wildman–Crippen MR) is 245 cm³/mol. The van der Waals surface area contributed by atoms with E-state index >= 15 is 0 Å². The number of hydrogen-bond donors (Lipinski definition) is 0. The van der Waals surface area contributed by atoms with E-state index in [1.165, 1.54) is 92.6 Å². The SMILES string of the molecule is CCCCCCc1cc(C)c(-n2cc(-c3cccc(-c4cc(-c5ccc(C(C)(C)C)cc5)cc(-c5ccc(C(C)(C)C)cc5)c4)c3)nc2-c2ccccc2)c(C)c1. The van der Waals surface area contributed by atoms with E-state index in [-0.39, 0.29) is 10.8 Å². The number of aromatic nitrogens is 2. The maximum absolute atomic E-state index is 5.39. The van der Waals surface area contributed by atoms with Gasteiger partial charge in [0.15, 0.2) is 0 Å². The normalized spacial score (nSPS) is 11.9. The van der Waals surface area contributed by atoms with Crippen molar-refractivity contribution in [2.24, 2.45) is 0 Å². The quantitative estimate of drug-likeness (QED) is 0.120. The highest BCUT2D eigenvalue weighted by Gasteiger charge is 2.19. The predicted octanol–water partition coefficient (Wildman–Crippen LogP) is 15.5. The molecule has 7 aromatic rings. The Labute approximate surface area is 342 Å². The molecule has 0 amide bonds. The van der Waals surface area contributed by atoms with Gasteiger partial charge in [-0.15, -0.1) is 0 Å². The van der Waals surface area contributed by atoms with Crippen molar-refractivity contribution in [3.63, 3.8) is 0 Å². The summed E-state index contributed by atoms with van der Waals surface area (Å²) < 4.78 is 2.32. The fourth-order valence-corrected chi connectivity index (χ4v) is 8.12. The van der Waals surface area contributed by atoms with Crippen molar-refractivity contribution in [2.45, 2.75) is 105 Å². The average molecular weight is 749 g/mol. The van der Waals surface area contributed by atoms with Gasteiger partial charge in [0.1, 0.15) is 5.82 Å². The fourth-order valence-electron chi connectivity index (χ4n) is 8.12. The van der Waals surface area contributed by atoms with Crippen LogP contribution >= 0.6 is 0 Å². The molecule has 0 N–H and O–H groups in total. The maximum atomic E-state index is 5.39. The number of aryl methyl sites for hydroxylation is 3. The van der Waals surface area contributed by atoms with Gasteiger partial charge in [0.2, 0.25) is 0 Å². The second kappa shape index (κ2) is 16.6. The lowest BCUT2D eigenvalue weighted by molar-refractivity contribution is 0.590. The molecule has 2 nitrogen and oxygen atoms in total. The van der Waals surface area contributed by atoms with Crippen molar-refractivity contribution in [3.8, 4) is 61.7 Å². The van der Waals surface area contributed by atoms with Crippen LogP contribution in [-0.2, 0) is 17.3 Å². The van der Waals surface area contributed by atoms with Gasteiger partial charge in [-0.05, 0) is 123 Å². The van der Waals surface area contributed by atoms with Crippen molar-refractivity contribution >= 4 is 0 Å². The van der Waals surface area contributed by atoms with Crippen molar-refractivity contribution in [1.29, 1.82) is 0 Å². The second-order valence-corrected chi connectivity index (χ2v) is 18.1. The molecule has 290 valence electrons. The van der Waals surface area contributed by atoms with Crippen LogP contribution in [0.2, 0.25) is 0 Å². The summed E-state index contributed by atoms with van der Waals surface area (Å²) in [6, 6.07) is 49.6. The molecule has 6 aromatic carbocycles. The third-order valence-electron chi connectivity index (χ3n) is 11.4. The Balaban J connectivity index is 1.32. The second-order valence-electron chi connectivity index (χ2n) is 18.1. The molecule has 7 rings (SSSR count). The molecule has 0 unspecified atom stereocenters. The standard InChI is InChI=1S/C55H60N2/c1-10-11-12-14-18-40-31-38(2)52(39(3)32-40)57-37-51(56-53(57)43-19-15-13-16-20-43)45-22-17-21-44(33-45)48-35-46(41-23-27-49(28-24-41)54(4,5)6)34-47(36-48)42-25-29-50(30-26-42)55(7,8)9/h13,15-17,19-37H,10-12,14,18H2,1-9H3. The van der Waals surface area contributed by atoms with Crippen molar-refractivity contribution in [1.82, 2.24) is 9.55 Å². The third-order valence-corrected chi connectivity index (χ3v) is 11.4. The molecule has 0 aliphatic heterocycles. The first kappa shape index (κ1) is 39.8. The molecule has 2 heteroatoms. The molecule has 0 aliphatic carbocycles. The average Bonchev–Trinajstić information content (AvgIpc) is 3.64. The van der Waals surface area contributed by atoms with Crippen LogP contribution in [0, 0.1) is 13.8 Å². The van der Waals surface area contributed by atoms with Crippen LogP contribution in [0.25, 0.3) is 61.7 Å². The topological polar surface area (TPSA) is 17.8 Å². The lowest BCUT2D eigenvalue weighted by Gasteiger charge is -2.20. The Bertz CT molecular complexity index is 2350. The van der Waals surface area contributed by atoms with Gasteiger partial charge in [-0.3, -0.25) is 4.57 Å². The smallest absolute Gasteiger partial charge is 0.145 e. The molecule has 0 bridgehead atoms. The van der Waals surface area contributed by atoms with E-state index in [0.29, 0.717) is 0 Å². The van der Waals surface area contributed by atoms with Gasteiger partial charge in [0, 0.05) is 17.3 Å². The number of nitrogens with zero attached hydrogens (tertiary/aromatic N) is 2. The van der Waals surface area contributed by atoms with Gasteiger partial charge < -0.3 is 0 Å². The first-order valence-electron chi connectivity index (χ1n) is 21.0. The Morgan fingerprint density at radius 2 is 0.965 bits per heavy atom. The van der Waals surface area contributed by atoms with Crippen LogP contribution < -0.4 is 0 Å². The molecule has 0 fully saturated rings. The van der Waals surface area contributed by atoms with Crippen LogP contribution in [0.1, 0.15) is 102 Å². The van der Waals surface area contributed by atoms with E-state index in [2.05, 4.69) is 207 Å². The molecular formula is C55H60N2. The zero-order valence-corrected chi connectivity index (χ0v) is 35.7. The Morgan fingerprint density at radius 1 is 0.474 bits per heavy atom. The summed E-state index contributed by atoms with van der Waals surface area (Å²) in [6.07, 6.45) is 8.47. The molecule has 0 radical (unpaired) electrons. The lowest BCUT2D eigenvalue weighted by Crippen LogP contribution is -2.10. The third kappa shape index (κ3) is 9.07. The maximum Gasteiger partial charge on any atom is 0.145 e. The van der Waals surface area contributed by atoms with Crippen molar-refractivity contribution in [2.75, 3.05) is 0 Å². The molecule has 1 aromatic heterocycles. The summed E-state index contributed by atoms with van der Waals surface area (Å²) in [5, 5.41) is 0. The number of benzene rings is 6. The van der Waals surface area contributed by atoms with Gasteiger partial charge >= 0.3 is 0 Å². The van der Waals surface area contributed by atoms with E-state index < -0.39 is 0 Å². The van der Waals surface area contributed by atoms with Gasteiger partial charge in [0.05, 0.1) is 11.4 Å².